The fraction of sp³-hybridized carbons (Fsp3) is 0.333. The van der Waals surface area contributed by atoms with Crippen LogP contribution in [0.4, 0.5) is 5.82 Å². The summed E-state index contributed by atoms with van der Waals surface area (Å²) in [7, 11) is 1.57. The van der Waals surface area contributed by atoms with Gasteiger partial charge >= 0.3 is 0 Å². The van der Waals surface area contributed by atoms with Gasteiger partial charge in [-0.25, -0.2) is 4.98 Å². The molecule has 3 rings (SSSR count). The third kappa shape index (κ3) is 4.37. The number of hydrogen-bond acceptors (Lipinski definition) is 7. The molecule has 2 aromatic heterocycles. The van der Waals surface area contributed by atoms with E-state index >= 15 is 0 Å². The summed E-state index contributed by atoms with van der Waals surface area (Å²) in [4.78, 5) is 29.9. The Hall–Kier alpha value is -2.65. The van der Waals surface area contributed by atoms with Crippen LogP contribution in [0.5, 0.6) is 0 Å². The van der Waals surface area contributed by atoms with Gasteiger partial charge in [0, 0.05) is 13.2 Å². The zero-order chi connectivity index (χ0) is 19.4. The van der Waals surface area contributed by atoms with Crippen LogP contribution in [0.15, 0.2) is 44.8 Å². The van der Waals surface area contributed by atoms with Crippen molar-refractivity contribution in [1.82, 2.24) is 14.7 Å². The number of carbonyl (C=O) groups is 1. The van der Waals surface area contributed by atoms with Crippen LogP contribution in [-0.2, 0) is 16.1 Å². The van der Waals surface area contributed by atoms with E-state index in [0.717, 1.165) is 0 Å². The molecule has 0 aliphatic rings. The van der Waals surface area contributed by atoms with E-state index < -0.39 is 5.25 Å². The number of benzene rings is 1. The van der Waals surface area contributed by atoms with Crippen LogP contribution in [-0.4, -0.2) is 39.6 Å². The minimum absolute atomic E-state index is 0.153. The first kappa shape index (κ1) is 19.1. The van der Waals surface area contributed by atoms with E-state index in [1.54, 1.807) is 49.8 Å². The number of fused-ring (bicyclic) bond motifs is 1. The van der Waals surface area contributed by atoms with E-state index in [0.29, 0.717) is 40.8 Å². The number of carbonyl (C=O) groups excluding carboxylic acids is 1. The number of amides is 1. The maximum absolute atomic E-state index is 12.8. The molecule has 3 aromatic rings. The van der Waals surface area contributed by atoms with E-state index in [9.17, 15) is 9.59 Å². The lowest BCUT2D eigenvalue weighted by atomic mass is 10.2. The molecule has 1 amide bonds. The van der Waals surface area contributed by atoms with Crippen LogP contribution in [0.2, 0.25) is 0 Å². The highest BCUT2D eigenvalue weighted by atomic mass is 32.2. The first-order valence-corrected chi connectivity index (χ1v) is 9.27. The van der Waals surface area contributed by atoms with Crippen molar-refractivity contribution >= 4 is 34.4 Å². The van der Waals surface area contributed by atoms with E-state index in [1.807, 2.05) is 6.07 Å². The number of nitrogens with zero attached hydrogens (tertiary/aromatic N) is 3. The largest absolute Gasteiger partial charge is 0.383 e. The second-order valence-electron chi connectivity index (χ2n) is 5.93. The predicted octanol–water partition coefficient (Wildman–Crippen LogP) is 2.46. The van der Waals surface area contributed by atoms with Crippen molar-refractivity contribution in [3.05, 3.63) is 46.4 Å². The zero-order valence-electron chi connectivity index (χ0n) is 15.3. The number of rotatable bonds is 7. The van der Waals surface area contributed by atoms with Gasteiger partial charge in [-0.3, -0.25) is 14.2 Å². The first-order chi connectivity index (χ1) is 13.0. The monoisotopic (exact) mass is 388 g/mol. The molecule has 1 N–H and O–H groups in total. The summed E-state index contributed by atoms with van der Waals surface area (Å²) < 4.78 is 11.6. The topological polar surface area (TPSA) is 99.2 Å². The second-order valence-corrected chi connectivity index (χ2v) is 7.24. The fourth-order valence-electron chi connectivity index (χ4n) is 2.48. The normalized spacial score (nSPS) is 12.3. The molecule has 0 saturated carbocycles. The number of anilines is 1. The molecule has 1 aromatic carbocycles. The highest BCUT2D eigenvalue weighted by Crippen LogP contribution is 2.23. The third-order valence-corrected chi connectivity index (χ3v) is 4.97. The molecular weight excluding hydrogens is 368 g/mol. The summed E-state index contributed by atoms with van der Waals surface area (Å²) >= 11 is 1.21. The summed E-state index contributed by atoms with van der Waals surface area (Å²) in [6.45, 7) is 4.21. The SMILES string of the molecule is COCCn1c(S[C@H](C)C(=O)Nc2cc(C)on2)nc2ccccc2c1=O. The molecule has 0 saturated heterocycles. The molecule has 9 heteroatoms. The van der Waals surface area contributed by atoms with E-state index in [2.05, 4.69) is 15.5 Å². The third-order valence-electron chi connectivity index (χ3n) is 3.88. The molecule has 8 nitrogen and oxygen atoms in total. The molecule has 0 aliphatic heterocycles. The summed E-state index contributed by atoms with van der Waals surface area (Å²) in [6, 6.07) is 8.79. The van der Waals surface area contributed by atoms with Crippen molar-refractivity contribution in [3.63, 3.8) is 0 Å². The molecule has 1 atom stereocenters. The Labute approximate surface area is 159 Å². The van der Waals surface area contributed by atoms with Crippen LogP contribution in [0, 0.1) is 6.92 Å². The lowest BCUT2D eigenvalue weighted by Crippen LogP contribution is -2.28. The molecule has 0 spiro atoms. The van der Waals surface area contributed by atoms with Crippen molar-refractivity contribution in [1.29, 1.82) is 0 Å². The van der Waals surface area contributed by atoms with Gasteiger partial charge in [-0.15, -0.1) is 0 Å². The van der Waals surface area contributed by atoms with Crippen LogP contribution in [0.3, 0.4) is 0 Å². The highest BCUT2D eigenvalue weighted by molar-refractivity contribution is 8.00. The van der Waals surface area contributed by atoms with Gasteiger partial charge in [-0.05, 0) is 26.0 Å². The van der Waals surface area contributed by atoms with Gasteiger partial charge in [0.15, 0.2) is 11.0 Å². The molecule has 2 heterocycles. The Kier molecular flexibility index (Phi) is 5.92. The highest BCUT2D eigenvalue weighted by Gasteiger charge is 2.20. The molecule has 27 heavy (non-hydrogen) atoms. The number of methoxy groups -OCH3 is 1. The van der Waals surface area contributed by atoms with Crippen molar-refractivity contribution in [2.24, 2.45) is 0 Å². The van der Waals surface area contributed by atoms with E-state index in [4.69, 9.17) is 9.26 Å². The summed E-state index contributed by atoms with van der Waals surface area (Å²) in [6.07, 6.45) is 0. The Balaban J connectivity index is 1.87. The second kappa shape index (κ2) is 8.36. The minimum Gasteiger partial charge on any atom is -0.383 e. The molecule has 0 unspecified atom stereocenters. The Morgan fingerprint density at radius 2 is 2.19 bits per heavy atom. The molecular formula is C18H20N4O4S. The van der Waals surface area contributed by atoms with Gasteiger partial charge in [0.2, 0.25) is 5.91 Å². The number of thioether (sulfide) groups is 1. The van der Waals surface area contributed by atoms with Crippen LogP contribution >= 0.6 is 11.8 Å². The van der Waals surface area contributed by atoms with E-state index in [-0.39, 0.29) is 11.5 Å². The average molecular weight is 388 g/mol. The predicted molar refractivity (Wildman–Crippen MR) is 103 cm³/mol. The van der Waals surface area contributed by atoms with E-state index in [1.165, 1.54) is 11.8 Å². The number of hydrogen-bond donors (Lipinski definition) is 1. The number of para-hydroxylation sites is 1. The zero-order valence-corrected chi connectivity index (χ0v) is 16.1. The van der Waals surface area contributed by atoms with Gasteiger partial charge in [0.25, 0.3) is 5.56 Å². The summed E-state index contributed by atoms with van der Waals surface area (Å²) in [5.41, 5.74) is 0.443. The van der Waals surface area contributed by atoms with Crippen LogP contribution in [0.1, 0.15) is 12.7 Å². The summed E-state index contributed by atoms with van der Waals surface area (Å²) in [5.74, 6) is 0.706. The maximum atomic E-state index is 12.8. The fourth-order valence-corrected chi connectivity index (χ4v) is 3.42. The van der Waals surface area contributed by atoms with Gasteiger partial charge in [-0.1, -0.05) is 29.1 Å². The number of aryl methyl sites for hydroxylation is 1. The van der Waals surface area contributed by atoms with Gasteiger partial charge < -0.3 is 14.6 Å². The maximum Gasteiger partial charge on any atom is 0.262 e. The van der Waals surface area contributed by atoms with Crippen molar-refractivity contribution < 1.29 is 14.1 Å². The van der Waals surface area contributed by atoms with Crippen LogP contribution < -0.4 is 10.9 Å². The lowest BCUT2D eigenvalue weighted by Gasteiger charge is -2.15. The molecule has 142 valence electrons. The quantitative estimate of drug-likeness (QED) is 0.490. The van der Waals surface area contributed by atoms with Gasteiger partial charge in [0.05, 0.1) is 29.3 Å². The minimum atomic E-state index is -0.496. The Morgan fingerprint density at radius 3 is 2.89 bits per heavy atom. The molecule has 0 bridgehead atoms. The van der Waals surface area contributed by atoms with Crippen molar-refractivity contribution in [2.75, 3.05) is 19.0 Å². The lowest BCUT2D eigenvalue weighted by molar-refractivity contribution is -0.115. The Bertz CT molecular complexity index is 1010. The Morgan fingerprint density at radius 1 is 1.41 bits per heavy atom. The van der Waals surface area contributed by atoms with Crippen LogP contribution in [0.25, 0.3) is 10.9 Å². The molecule has 0 fully saturated rings. The summed E-state index contributed by atoms with van der Waals surface area (Å²) in [5, 5.41) is 6.95. The number of nitrogens with one attached hydrogen (secondary N) is 1. The molecule has 0 radical (unpaired) electrons. The van der Waals surface area contributed by atoms with Gasteiger partial charge in [0.1, 0.15) is 5.76 Å². The number of ether oxygens (including phenoxy) is 1. The smallest absolute Gasteiger partial charge is 0.262 e. The van der Waals surface area contributed by atoms with Gasteiger partial charge in [-0.2, -0.15) is 0 Å². The number of aromatic nitrogens is 3. The first-order valence-electron chi connectivity index (χ1n) is 8.39. The van der Waals surface area contributed by atoms with Crippen molar-refractivity contribution in [3.8, 4) is 0 Å². The average Bonchev–Trinajstić information content (AvgIpc) is 3.06. The van der Waals surface area contributed by atoms with Crippen molar-refractivity contribution in [2.45, 2.75) is 30.8 Å². The molecule has 0 aliphatic carbocycles. The standard InChI is InChI=1S/C18H20N4O4S/c1-11-10-15(21-26-11)20-16(23)12(2)27-18-19-14-7-5-4-6-13(14)17(24)22(18)8-9-25-3/h4-7,10,12H,8-9H2,1-3H3,(H,20,21,23)/t12-/m1/s1.